The Bertz CT molecular complexity index is 654. The summed E-state index contributed by atoms with van der Waals surface area (Å²) in [6.45, 7) is 1.63. The zero-order chi connectivity index (χ0) is 14.0. The van der Waals surface area contributed by atoms with E-state index in [-0.39, 0.29) is 10.4 Å². The molecule has 0 saturated carbocycles. The number of aromatic carboxylic acids is 1. The minimum atomic E-state index is -1.06. The first kappa shape index (κ1) is 13.2. The van der Waals surface area contributed by atoms with Crippen molar-refractivity contribution >= 4 is 28.2 Å². The van der Waals surface area contributed by atoms with Crippen molar-refractivity contribution in [3.63, 3.8) is 0 Å². The molecule has 0 bridgehead atoms. The highest BCUT2D eigenvalue weighted by Gasteiger charge is 2.16. The minimum absolute atomic E-state index is 0.141. The highest BCUT2D eigenvalue weighted by atomic mass is 32.1. The molecule has 2 heterocycles. The molecule has 2 N–H and O–H groups in total. The molecule has 7 heteroatoms. The van der Waals surface area contributed by atoms with E-state index in [0.717, 1.165) is 17.5 Å². The number of nitrogens with one attached hydrogen (secondary N) is 1. The van der Waals surface area contributed by atoms with Gasteiger partial charge in [-0.25, -0.2) is 9.18 Å². The van der Waals surface area contributed by atoms with E-state index in [1.807, 2.05) is 0 Å². The standard InChI is InChI=1S/C12H9FN2O3S/c1-6-4-9(19-10(6)12(17)18)15-11(16)7-2-3-14-5-8(7)13/h2-5H,1H3,(H,15,16)(H,17,18). The van der Waals surface area contributed by atoms with Gasteiger partial charge in [0.15, 0.2) is 5.82 Å². The first-order valence-electron chi connectivity index (χ1n) is 5.23. The van der Waals surface area contributed by atoms with Crippen molar-refractivity contribution in [3.8, 4) is 0 Å². The van der Waals surface area contributed by atoms with Crippen molar-refractivity contribution in [1.29, 1.82) is 0 Å². The van der Waals surface area contributed by atoms with Gasteiger partial charge >= 0.3 is 5.97 Å². The summed E-state index contributed by atoms with van der Waals surface area (Å²) in [5.41, 5.74) is 0.404. The van der Waals surface area contributed by atoms with E-state index in [9.17, 15) is 14.0 Å². The molecule has 2 rings (SSSR count). The largest absolute Gasteiger partial charge is 0.477 e. The number of carbonyl (C=O) groups excluding carboxylic acids is 1. The van der Waals surface area contributed by atoms with Crippen LogP contribution in [0.15, 0.2) is 24.5 Å². The molecule has 5 nitrogen and oxygen atoms in total. The summed E-state index contributed by atoms with van der Waals surface area (Å²) in [7, 11) is 0. The van der Waals surface area contributed by atoms with Crippen LogP contribution in [0.4, 0.5) is 9.39 Å². The van der Waals surface area contributed by atoms with Gasteiger partial charge < -0.3 is 10.4 Å². The van der Waals surface area contributed by atoms with Crippen LogP contribution in [0, 0.1) is 12.7 Å². The van der Waals surface area contributed by atoms with Gasteiger partial charge in [-0.05, 0) is 24.6 Å². The molecule has 0 spiro atoms. The van der Waals surface area contributed by atoms with E-state index >= 15 is 0 Å². The number of amides is 1. The van der Waals surface area contributed by atoms with Gasteiger partial charge in [0.05, 0.1) is 16.8 Å². The minimum Gasteiger partial charge on any atom is -0.477 e. The summed E-state index contributed by atoms with van der Waals surface area (Å²) in [4.78, 5) is 26.4. The lowest BCUT2D eigenvalue weighted by Gasteiger charge is -2.02. The smallest absolute Gasteiger partial charge is 0.346 e. The van der Waals surface area contributed by atoms with Crippen LogP contribution in [0.5, 0.6) is 0 Å². The van der Waals surface area contributed by atoms with Crippen LogP contribution in [0.3, 0.4) is 0 Å². The quantitative estimate of drug-likeness (QED) is 0.905. The predicted octanol–water partition coefficient (Wildman–Crippen LogP) is 2.54. The lowest BCUT2D eigenvalue weighted by molar-refractivity contribution is 0.0701. The van der Waals surface area contributed by atoms with Crippen LogP contribution >= 0.6 is 11.3 Å². The average Bonchev–Trinajstić information content (AvgIpc) is 2.70. The molecule has 0 atom stereocenters. The highest BCUT2D eigenvalue weighted by Crippen LogP contribution is 2.27. The summed E-state index contributed by atoms with van der Waals surface area (Å²) in [5, 5.41) is 11.7. The van der Waals surface area contributed by atoms with Crippen LogP contribution < -0.4 is 5.32 Å². The second-order valence-corrected chi connectivity index (χ2v) is 4.79. The molecule has 0 unspecified atom stereocenters. The zero-order valence-electron chi connectivity index (χ0n) is 9.81. The second-order valence-electron chi connectivity index (χ2n) is 3.74. The lowest BCUT2D eigenvalue weighted by Crippen LogP contribution is -2.12. The number of hydrogen-bond donors (Lipinski definition) is 2. The fraction of sp³-hybridized carbons (Fsp3) is 0.0833. The zero-order valence-corrected chi connectivity index (χ0v) is 10.6. The Labute approximate surface area is 111 Å². The molecular weight excluding hydrogens is 271 g/mol. The van der Waals surface area contributed by atoms with E-state index < -0.39 is 17.7 Å². The third kappa shape index (κ3) is 2.76. The molecule has 0 aliphatic carbocycles. The van der Waals surface area contributed by atoms with E-state index in [4.69, 9.17) is 5.11 Å². The number of carboxylic acids is 1. The SMILES string of the molecule is Cc1cc(NC(=O)c2ccncc2F)sc1C(=O)O. The molecule has 0 saturated heterocycles. The maximum absolute atomic E-state index is 13.3. The number of carboxylic acid groups (broad SMARTS) is 1. The van der Waals surface area contributed by atoms with Crippen molar-refractivity contribution in [3.05, 3.63) is 46.3 Å². The number of pyridine rings is 1. The Morgan fingerprint density at radius 3 is 2.79 bits per heavy atom. The summed E-state index contributed by atoms with van der Waals surface area (Å²) >= 11 is 0.927. The van der Waals surface area contributed by atoms with Gasteiger partial charge in [-0.2, -0.15) is 0 Å². The first-order valence-corrected chi connectivity index (χ1v) is 6.05. The number of rotatable bonds is 3. The Hall–Kier alpha value is -2.28. The molecule has 2 aromatic rings. The molecular formula is C12H9FN2O3S. The van der Waals surface area contributed by atoms with Crippen LogP contribution in [0.2, 0.25) is 0 Å². The highest BCUT2D eigenvalue weighted by molar-refractivity contribution is 7.18. The second kappa shape index (κ2) is 5.15. The fourth-order valence-corrected chi connectivity index (χ4v) is 2.40. The van der Waals surface area contributed by atoms with Crippen LogP contribution in [-0.2, 0) is 0 Å². The normalized spacial score (nSPS) is 10.2. The van der Waals surface area contributed by atoms with Crippen LogP contribution in [0.1, 0.15) is 25.6 Å². The van der Waals surface area contributed by atoms with Crippen molar-refractivity contribution in [2.24, 2.45) is 0 Å². The van der Waals surface area contributed by atoms with E-state index in [2.05, 4.69) is 10.3 Å². The number of nitrogens with zero attached hydrogens (tertiary/aromatic N) is 1. The third-order valence-electron chi connectivity index (χ3n) is 2.37. The Kier molecular flexibility index (Phi) is 3.57. The third-order valence-corrected chi connectivity index (χ3v) is 3.51. The van der Waals surface area contributed by atoms with E-state index in [0.29, 0.717) is 10.6 Å². The van der Waals surface area contributed by atoms with Crippen molar-refractivity contribution in [2.75, 3.05) is 5.32 Å². The maximum Gasteiger partial charge on any atom is 0.346 e. The number of aryl methyl sites for hydroxylation is 1. The molecule has 98 valence electrons. The molecule has 1 amide bonds. The Morgan fingerprint density at radius 2 is 2.21 bits per heavy atom. The van der Waals surface area contributed by atoms with E-state index in [1.54, 1.807) is 6.92 Å². The maximum atomic E-state index is 13.3. The molecule has 0 fully saturated rings. The van der Waals surface area contributed by atoms with Gasteiger partial charge in [-0.15, -0.1) is 11.3 Å². The number of hydrogen-bond acceptors (Lipinski definition) is 4. The molecule has 0 aromatic carbocycles. The van der Waals surface area contributed by atoms with Crippen molar-refractivity contribution in [2.45, 2.75) is 6.92 Å². The molecule has 0 aliphatic heterocycles. The molecule has 0 radical (unpaired) electrons. The van der Waals surface area contributed by atoms with E-state index in [1.165, 1.54) is 18.3 Å². The number of anilines is 1. The summed E-state index contributed by atoms with van der Waals surface area (Å²) in [6, 6.07) is 2.79. The lowest BCUT2D eigenvalue weighted by atomic mass is 10.2. The number of halogens is 1. The fourth-order valence-electron chi connectivity index (χ4n) is 1.49. The predicted molar refractivity (Wildman–Crippen MR) is 68.2 cm³/mol. The van der Waals surface area contributed by atoms with Gasteiger partial charge in [0.1, 0.15) is 4.88 Å². The molecule has 2 aromatic heterocycles. The van der Waals surface area contributed by atoms with Crippen LogP contribution in [0.25, 0.3) is 0 Å². The summed E-state index contributed by atoms with van der Waals surface area (Å²) < 4.78 is 13.3. The Morgan fingerprint density at radius 1 is 1.47 bits per heavy atom. The topological polar surface area (TPSA) is 79.3 Å². The number of carbonyl (C=O) groups is 2. The van der Waals surface area contributed by atoms with Gasteiger partial charge in [0, 0.05) is 6.20 Å². The number of aromatic nitrogens is 1. The molecule has 0 aliphatic rings. The number of thiophene rings is 1. The average molecular weight is 280 g/mol. The van der Waals surface area contributed by atoms with Gasteiger partial charge in [-0.3, -0.25) is 9.78 Å². The van der Waals surface area contributed by atoms with Crippen LogP contribution in [-0.4, -0.2) is 22.0 Å². The monoisotopic (exact) mass is 280 g/mol. The van der Waals surface area contributed by atoms with Gasteiger partial charge in [-0.1, -0.05) is 0 Å². The Balaban J connectivity index is 2.22. The van der Waals surface area contributed by atoms with Gasteiger partial charge in [0.25, 0.3) is 5.91 Å². The summed E-state index contributed by atoms with van der Waals surface area (Å²) in [5.74, 6) is -2.43. The summed E-state index contributed by atoms with van der Waals surface area (Å²) in [6.07, 6.45) is 2.25. The van der Waals surface area contributed by atoms with Crippen molar-refractivity contribution in [1.82, 2.24) is 4.98 Å². The van der Waals surface area contributed by atoms with Crippen molar-refractivity contribution < 1.29 is 19.1 Å². The molecule has 19 heavy (non-hydrogen) atoms. The first-order chi connectivity index (χ1) is 8.99. The van der Waals surface area contributed by atoms with Gasteiger partial charge in [0.2, 0.25) is 0 Å².